The highest BCUT2D eigenvalue weighted by Crippen LogP contribution is 2.21. The molecule has 0 radical (unpaired) electrons. The Morgan fingerprint density at radius 1 is 1.38 bits per heavy atom. The van der Waals surface area contributed by atoms with Gasteiger partial charge in [0.25, 0.3) is 5.91 Å². The highest BCUT2D eigenvalue weighted by Gasteiger charge is 2.24. The number of hydrogen-bond acceptors (Lipinski definition) is 4. The molecule has 0 aliphatic carbocycles. The second-order valence-corrected chi connectivity index (χ2v) is 8.83. The van der Waals surface area contributed by atoms with Crippen molar-refractivity contribution in [2.75, 3.05) is 33.2 Å². The van der Waals surface area contributed by atoms with E-state index in [2.05, 4.69) is 9.88 Å². The molecule has 0 N–H and O–H groups in total. The summed E-state index contributed by atoms with van der Waals surface area (Å²) in [5.41, 5.74) is 2.38. The van der Waals surface area contributed by atoms with Crippen molar-refractivity contribution in [3.63, 3.8) is 0 Å². The van der Waals surface area contributed by atoms with Gasteiger partial charge in [-0.05, 0) is 50.3 Å². The van der Waals surface area contributed by atoms with Crippen molar-refractivity contribution in [1.82, 2.24) is 19.2 Å². The zero-order valence-corrected chi connectivity index (χ0v) is 17.8. The first-order valence-electron chi connectivity index (χ1n) is 10.2. The summed E-state index contributed by atoms with van der Waals surface area (Å²) < 4.78 is 15.7. The van der Waals surface area contributed by atoms with E-state index < -0.39 is 0 Å². The molecule has 2 aromatic heterocycles. The van der Waals surface area contributed by atoms with E-state index in [4.69, 9.17) is 0 Å². The van der Waals surface area contributed by atoms with Crippen molar-refractivity contribution < 1.29 is 9.18 Å². The maximum absolute atomic E-state index is 13.9. The number of fused-ring (bicyclic) bond motifs is 1. The molecule has 1 amide bonds. The number of piperidine rings is 1. The topological polar surface area (TPSA) is 40.9 Å². The van der Waals surface area contributed by atoms with Gasteiger partial charge in [0.05, 0.1) is 5.69 Å². The van der Waals surface area contributed by atoms with Crippen LogP contribution in [0.4, 0.5) is 4.39 Å². The first-order valence-corrected chi connectivity index (χ1v) is 11.0. The van der Waals surface area contributed by atoms with Crippen LogP contribution in [-0.4, -0.2) is 58.3 Å². The van der Waals surface area contributed by atoms with Crippen LogP contribution >= 0.6 is 11.3 Å². The lowest BCUT2D eigenvalue weighted by Gasteiger charge is -2.34. The van der Waals surface area contributed by atoms with Crippen LogP contribution in [-0.2, 0) is 6.42 Å². The number of likely N-dealkylation sites (tertiary alicyclic amines) is 1. The second-order valence-electron chi connectivity index (χ2n) is 7.99. The predicted octanol–water partition coefficient (Wildman–Crippen LogP) is 3.87. The number of rotatable bonds is 6. The van der Waals surface area contributed by atoms with E-state index in [-0.39, 0.29) is 11.7 Å². The Kier molecular flexibility index (Phi) is 5.96. The van der Waals surface area contributed by atoms with Crippen LogP contribution in [0.15, 0.2) is 35.8 Å². The fourth-order valence-electron chi connectivity index (χ4n) is 4.20. The number of thiazole rings is 1. The molecule has 0 bridgehead atoms. The molecule has 3 heterocycles. The molecule has 0 unspecified atom stereocenters. The normalized spacial score (nSPS) is 17.7. The lowest BCUT2D eigenvalue weighted by molar-refractivity contribution is 0.0724. The number of amides is 1. The third-order valence-corrected chi connectivity index (χ3v) is 6.53. The van der Waals surface area contributed by atoms with Gasteiger partial charge in [0, 0.05) is 38.3 Å². The number of aromatic nitrogens is 2. The van der Waals surface area contributed by atoms with Gasteiger partial charge in [0.2, 0.25) is 0 Å². The number of aryl methyl sites for hydroxylation is 1. The van der Waals surface area contributed by atoms with E-state index in [0.29, 0.717) is 11.6 Å². The summed E-state index contributed by atoms with van der Waals surface area (Å²) in [4.78, 5) is 22.5. The molecule has 0 saturated carbocycles. The average Bonchev–Trinajstić information content (AvgIpc) is 3.26. The van der Waals surface area contributed by atoms with E-state index in [1.54, 1.807) is 6.07 Å². The monoisotopic (exact) mass is 414 g/mol. The van der Waals surface area contributed by atoms with Gasteiger partial charge in [-0.15, -0.1) is 11.3 Å². The molecule has 0 spiro atoms. The summed E-state index contributed by atoms with van der Waals surface area (Å²) in [7, 11) is 1.88. The van der Waals surface area contributed by atoms with Crippen LogP contribution in [0.5, 0.6) is 0 Å². The highest BCUT2D eigenvalue weighted by molar-refractivity contribution is 7.15. The van der Waals surface area contributed by atoms with Crippen molar-refractivity contribution in [2.24, 2.45) is 5.92 Å². The SMILES string of the molecule is Cc1cn2c(C(=O)N(C)C[C@@H]3CCCN(CCc4ccccc4F)C3)csc2n1. The Labute approximate surface area is 174 Å². The quantitative estimate of drug-likeness (QED) is 0.615. The van der Waals surface area contributed by atoms with Crippen molar-refractivity contribution in [2.45, 2.75) is 26.2 Å². The van der Waals surface area contributed by atoms with E-state index in [9.17, 15) is 9.18 Å². The minimum atomic E-state index is -0.122. The van der Waals surface area contributed by atoms with Crippen LogP contribution in [0.1, 0.15) is 34.6 Å². The lowest BCUT2D eigenvalue weighted by Crippen LogP contribution is -2.42. The molecule has 1 fully saturated rings. The van der Waals surface area contributed by atoms with E-state index in [1.165, 1.54) is 17.4 Å². The minimum Gasteiger partial charge on any atom is -0.340 e. The maximum atomic E-state index is 13.9. The van der Waals surface area contributed by atoms with E-state index in [0.717, 1.165) is 61.7 Å². The summed E-state index contributed by atoms with van der Waals surface area (Å²) in [6.45, 7) is 5.53. The van der Waals surface area contributed by atoms with Crippen LogP contribution in [0.25, 0.3) is 4.96 Å². The molecule has 1 atom stereocenters. The van der Waals surface area contributed by atoms with E-state index >= 15 is 0 Å². The number of halogens is 1. The smallest absolute Gasteiger partial charge is 0.271 e. The van der Waals surface area contributed by atoms with Gasteiger partial charge < -0.3 is 9.80 Å². The number of imidazole rings is 1. The van der Waals surface area contributed by atoms with Gasteiger partial charge in [-0.1, -0.05) is 18.2 Å². The molecular formula is C22H27FN4OS. The highest BCUT2D eigenvalue weighted by atomic mass is 32.1. The molecule has 3 aromatic rings. The van der Waals surface area contributed by atoms with Crippen molar-refractivity contribution in [3.8, 4) is 0 Å². The number of carbonyl (C=O) groups excluding carboxylic acids is 1. The summed E-state index contributed by atoms with van der Waals surface area (Å²) in [5.74, 6) is 0.359. The summed E-state index contributed by atoms with van der Waals surface area (Å²) >= 11 is 1.50. The van der Waals surface area contributed by atoms with E-state index in [1.807, 2.05) is 47.0 Å². The zero-order chi connectivity index (χ0) is 20.4. The third-order valence-electron chi connectivity index (χ3n) is 5.69. The molecule has 29 heavy (non-hydrogen) atoms. The van der Waals surface area contributed by atoms with Crippen molar-refractivity contribution in [1.29, 1.82) is 0 Å². The van der Waals surface area contributed by atoms with Gasteiger partial charge in [-0.25, -0.2) is 9.37 Å². The van der Waals surface area contributed by atoms with Crippen molar-refractivity contribution in [3.05, 3.63) is 58.6 Å². The van der Waals surface area contributed by atoms with Gasteiger partial charge >= 0.3 is 0 Å². The Morgan fingerprint density at radius 3 is 3.03 bits per heavy atom. The predicted molar refractivity (Wildman–Crippen MR) is 114 cm³/mol. The molecule has 1 saturated heterocycles. The minimum absolute atomic E-state index is 0.0390. The fourth-order valence-corrected chi connectivity index (χ4v) is 5.09. The Hall–Kier alpha value is -2.25. The molecule has 1 aliphatic rings. The Balaban J connectivity index is 1.33. The number of nitrogens with zero attached hydrogens (tertiary/aromatic N) is 4. The molecule has 7 heteroatoms. The first-order chi connectivity index (χ1) is 14.0. The molecule has 4 rings (SSSR count). The van der Waals surface area contributed by atoms with Crippen LogP contribution in [0.3, 0.4) is 0 Å². The van der Waals surface area contributed by atoms with Gasteiger partial charge in [-0.3, -0.25) is 9.20 Å². The molecular weight excluding hydrogens is 387 g/mol. The van der Waals surface area contributed by atoms with Gasteiger partial charge in [-0.2, -0.15) is 0 Å². The number of benzene rings is 1. The van der Waals surface area contributed by atoms with Gasteiger partial charge in [0.15, 0.2) is 4.96 Å². The standard InChI is InChI=1S/C22H27FN4OS/c1-16-12-27-20(15-29-22(27)24-16)21(28)25(2)13-17-6-5-10-26(14-17)11-9-18-7-3-4-8-19(18)23/h3-4,7-8,12,15,17H,5-6,9-11,13-14H2,1-2H3/t17-/m0/s1. The second kappa shape index (κ2) is 8.63. The molecule has 1 aliphatic heterocycles. The summed E-state index contributed by atoms with van der Waals surface area (Å²) in [6.07, 6.45) is 4.88. The maximum Gasteiger partial charge on any atom is 0.271 e. The number of carbonyl (C=O) groups is 1. The first kappa shape index (κ1) is 20.0. The largest absolute Gasteiger partial charge is 0.340 e. The average molecular weight is 415 g/mol. The Morgan fingerprint density at radius 2 is 2.21 bits per heavy atom. The van der Waals surface area contributed by atoms with Crippen LogP contribution in [0.2, 0.25) is 0 Å². The Bertz CT molecular complexity index is 998. The molecule has 5 nitrogen and oxygen atoms in total. The van der Waals surface area contributed by atoms with Crippen molar-refractivity contribution >= 4 is 22.2 Å². The van der Waals surface area contributed by atoms with Gasteiger partial charge in [0.1, 0.15) is 11.5 Å². The molecule has 154 valence electrons. The lowest BCUT2D eigenvalue weighted by atomic mass is 9.97. The number of hydrogen-bond donors (Lipinski definition) is 0. The summed E-state index contributed by atoms with van der Waals surface area (Å²) in [5, 5.41) is 1.89. The van der Waals surface area contributed by atoms with Crippen LogP contribution in [0, 0.1) is 18.7 Å². The zero-order valence-electron chi connectivity index (χ0n) is 17.0. The molecule has 1 aromatic carbocycles. The third kappa shape index (κ3) is 4.51. The van der Waals surface area contributed by atoms with Crippen LogP contribution < -0.4 is 0 Å². The fraction of sp³-hybridized carbons (Fsp3) is 0.455. The summed E-state index contributed by atoms with van der Waals surface area (Å²) in [6, 6.07) is 7.01.